The summed E-state index contributed by atoms with van der Waals surface area (Å²) >= 11 is 0. The summed E-state index contributed by atoms with van der Waals surface area (Å²) in [7, 11) is 0. The first-order valence-electron chi connectivity index (χ1n) is 10.3. The van der Waals surface area contributed by atoms with Gasteiger partial charge < -0.3 is 4.74 Å². The number of rotatable bonds is 10. The minimum Gasteiger partial charge on any atom is -0.493 e. The smallest absolute Gasteiger partial charge is 0.119 e. The molecular formula is C24H28N4O. The predicted molar refractivity (Wildman–Crippen MR) is 117 cm³/mol. The second kappa shape index (κ2) is 11.1. The molecule has 1 heterocycles. The van der Waals surface area contributed by atoms with Crippen molar-refractivity contribution in [3.05, 3.63) is 67.3 Å². The van der Waals surface area contributed by atoms with Gasteiger partial charge in [-0.1, -0.05) is 45.2 Å². The summed E-state index contributed by atoms with van der Waals surface area (Å²) in [4.78, 5) is 8.09. The summed E-state index contributed by atoms with van der Waals surface area (Å²) < 4.78 is 5.95. The predicted octanol–water partition coefficient (Wildman–Crippen LogP) is 7.15. The van der Waals surface area contributed by atoms with Gasteiger partial charge in [0.25, 0.3) is 0 Å². The Morgan fingerprint density at radius 1 is 0.828 bits per heavy atom. The van der Waals surface area contributed by atoms with Crippen LogP contribution in [-0.2, 0) is 0 Å². The second-order valence-corrected chi connectivity index (χ2v) is 7.10. The first kappa shape index (κ1) is 20.6. The molecule has 0 saturated carbocycles. The number of aromatic nitrogens is 2. The number of benzene rings is 2. The van der Waals surface area contributed by atoms with Crippen molar-refractivity contribution in [2.45, 2.75) is 39.5 Å². The van der Waals surface area contributed by atoms with Gasteiger partial charge in [-0.15, -0.1) is 0 Å². The maximum atomic E-state index is 5.95. The van der Waals surface area contributed by atoms with Crippen LogP contribution in [-0.4, -0.2) is 16.6 Å². The number of unbranched alkanes of at least 4 members (excludes halogenated alkanes) is 1. The van der Waals surface area contributed by atoms with Crippen LogP contribution in [0.4, 0.5) is 11.4 Å². The van der Waals surface area contributed by atoms with Gasteiger partial charge in [-0.25, -0.2) is 9.97 Å². The normalized spacial score (nSPS) is 12.2. The third-order valence-electron chi connectivity index (χ3n) is 4.91. The lowest BCUT2D eigenvalue weighted by Gasteiger charge is -2.15. The Hall–Kier alpha value is -3.08. The molecule has 0 amide bonds. The van der Waals surface area contributed by atoms with Gasteiger partial charge in [-0.05, 0) is 54.3 Å². The molecule has 1 unspecified atom stereocenters. The summed E-state index contributed by atoms with van der Waals surface area (Å²) in [6.07, 6.45) is 10.00. The van der Waals surface area contributed by atoms with Crippen LogP contribution >= 0.6 is 0 Å². The van der Waals surface area contributed by atoms with E-state index in [2.05, 4.69) is 34.0 Å². The van der Waals surface area contributed by atoms with Crippen LogP contribution in [0.5, 0.6) is 5.75 Å². The van der Waals surface area contributed by atoms with Gasteiger partial charge in [0.2, 0.25) is 0 Å². The maximum Gasteiger partial charge on any atom is 0.119 e. The topological polar surface area (TPSA) is 59.7 Å². The molecule has 5 nitrogen and oxygen atoms in total. The third-order valence-corrected chi connectivity index (χ3v) is 4.91. The molecule has 0 spiro atoms. The number of nitrogens with zero attached hydrogens (tertiary/aromatic N) is 4. The van der Waals surface area contributed by atoms with Crippen LogP contribution in [0.15, 0.2) is 77.5 Å². The molecule has 1 aromatic heterocycles. The van der Waals surface area contributed by atoms with Crippen molar-refractivity contribution in [3.63, 3.8) is 0 Å². The Balaban J connectivity index is 1.54. The van der Waals surface area contributed by atoms with Crippen LogP contribution in [0.25, 0.3) is 11.1 Å². The van der Waals surface area contributed by atoms with Gasteiger partial charge in [-0.3, -0.25) is 0 Å². The van der Waals surface area contributed by atoms with E-state index in [4.69, 9.17) is 4.74 Å². The molecule has 0 radical (unpaired) electrons. The molecule has 3 aromatic rings. The molecule has 5 heteroatoms. The Morgan fingerprint density at radius 3 is 2.03 bits per heavy atom. The van der Waals surface area contributed by atoms with Crippen molar-refractivity contribution in [1.82, 2.24) is 9.97 Å². The van der Waals surface area contributed by atoms with E-state index in [1.165, 1.54) is 25.6 Å². The standard InChI is InChI=1S/C24H28N4O/c1-3-5-6-19(4-2)17-29-24-13-11-23(12-14-24)28-27-22-9-7-20(8-10-22)21-15-25-18-26-16-21/h7-16,18-19H,3-6,17H2,1-2H3/b28-27+. The Labute approximate surface area is 172 Å². The SMILES string of the molecule is CCCCC(CC)COc1ccc(/N=N/c2ccc(-c3cncnc3)cc2)cc1. The van der Waals surface area contributed by atoms with E-state index < -0.39 is 0 Å². The lowest BCUT2D eigenvalue weighted by molar-refractivity contribution is 0.233. The molecule has 29 heavy (non-hydrogen) atoms. The number of hydrogen-bond acceptors (Lipinski definition) is 5. The molecule has 0 bridgehead atoms. The van der Waals surface area contributed by atoms with E-state index >= 15 is 0 Å². The van der Waals surface area contributed by atoms with E-state index in [0.29, 0.717) is 5.92 Å². The highest BCUT2D eigenvalue weighted by Gasteiger charge is 2.07. The molecule has 0 aliphatic carbocycles. The lowest BCUT2D eigenvalue weighted by Crippen LogP contribution is -2.11. The molecule has 150 valence electrons. The molecule has 3 rings (SSSR count). The van der Waals surface area contributed by atoms with Crippen LogP contribution in [0.3, 0.4) is 0 Å². The molecule has 1 atom stereocenters. The van der Waals surface area contributed by atoms with Crippen molar-refractivity contribution in [2.75, 3.05) is 6.61 Å². The van der Waals surface area contributed by atoms with Crippen molar-refractivity contribution >= 4 is 11.4 Å². The molecule has 0 aliphatic rings. The fraction of sp³-hybridized carbons (Fsp3) is 0.333. The lowest BCUT2D eigenvalue weighted by atomic mass is 10.0. The Morgan fingerprint density at radius 2 is 1.45 bits per heavy atom. The molecule has 0 aliphatic heterocycles. The van der Waals surface area contributed by atoms with Crippen molar-refractivity contribution in [2.24, 2.45) is 16.1 Å². The highest BCUT2D eigenvalue weighted by molar-refractivity contribution is 5.63. The molecule has 2 aromatic carbocycles. The van der Waals surface area contributed by atoms with Crippen molar-refractivity contribution < 1.29 is 4.74 Å². The van der Waals surface area contributed by atoms with E-state index in [1.54, 1.807) is 12.4 Å². The van der Waals surface area contributed by atoms with Gasteiger partial charge in [-0.2, -0.15) is 10.2 Å². The van der Waals surface area contributed by atoms with Crippen LogP contribution in [0.2, 0.25) is 0 Å². The zero-order valence-electron chi connectivity index (χ0n) is 17.2. The Kier molecular flexibility index (Phi) is 7.87. The zero-order chi connectivity index (χ0) is 20.3. The number of azo groups is 1. The minimum atomic E-state index is 0.625. The monoisotopic (exact) mass is 388 g/mol. The van der Waals surface area contributed by atoms with Gasteiger partial charge in [0.05, 0.1) is 18.0 Å². The molecular weight excluding hydrogens is 360 g/mol. The van der Waals surface area contributed by atoms with Gasteiger partial charge >= 0.3 is 0 Å². The average Bonchev–Trinajstić information content (AvgIpc) is 2.79. The highest BCUT2D eigenvalue weighted by Crippen LogP contribution is 2.25. The fourth-order valence-corrected chi connectivity index (χ4v) is 3.01. The molecule has 0 saturated heterocycles. The first-order valence-corrected chi connectivity index (χ1v) is 10.3. The summed E-state index contributed by atoms with van der Waals surface area (Å²) in [6.45, 7) is 5.23. The largest absolute Gasteiger partial charge is 0.493 e. The fourth-order valence-electron chi connectivity index (χ4n) is 3.01. The van der Waals surface area contributed by atoms with E-state index in [9.17, 15) is 0 Å². The molecule has 0 fully saturated rings. The number of hydrogen-bond donors (Lipinski definition) is 0. The summed E-state index contributed by atoms with van der Waals surface area (Å²) in [5.74, 6) is 1.51. The quantitative estimate of drug-likeness (QED) is 0.346. The van der Waals surface area contributed by atoms with Crippen LogP contribution in [0, 0.1) is 5.92 Å². The minimum absolute atomic E-state index is 0.625. The van der Waals surface area contributed by atoms with Crippen LogP contribution < -0.4 is 4.74 Å². The summed E-state index contributed by atoms with van der Waals surface area (Å²) in [5.41, 5.74) is 3.63. The van der Waals surface area contributed by atoms with E-state index in [1.807, 2.05) is 48.5 Å². The maximum absolute atomic E-state index is 5.95. The van der Waals surface area contributed by atoms with E-state index in [0.717, 1.165) is 41.3 Å². The Bertz CT molecular complexity index is 877. The van der Waals surface area contributed by atoms with Gasteiger partial charge in [0.1, 0.15) is 12.1 Å². The average molecular weight is 389 g/mol. The van der Waals surface area contributed by atoms with Crippen molar-refractivity contribution in [3.8, 4) is 16.9 Å². The first-order chi connectivity index (χ1) is 14.3. The zero-order valence-corrected chi connectivity index (χ0v) is 17.2. The van der Waals surface area contributed by atoms with Crippen LogP contribution in [0.1, 0.15) is 39.5 Å². The van der Waals surface area contributed by atoms with Gasteiger partial charge in [0, 0.05) is 18.0 Å². The van der Waals surface area contributed by atoms with Crippen molar-refractivity contribution in [1.29, 1.82) is 0 Å². The highest BCUT2D eigenvalue weighted by atomic mass is 16.5. The molecule has 0 N–H and O–H groups in total. The summed E-state index contributed by atoms with van der Waals surface area (Å²) in [6, 6.07) is 15.6. The summed E-state index contributed by atoms with van der Waals surface area (Å²) in [5, 5.41) is 8.63. The van der Waals surface area contributed by atoms with Gasteiger partial charge in [0.15, 0.2) is 0 Å². The van der Waals surface area contributed by atoms with E-state index in [-0.39, 0.29) is 0 Å². The number of ether oxygens (including phenoxy) is 1. The second-order valence-electron chi connectivity index (χ2n) is 7.10. The third kappa shape index (κ3) is 6.49.